The van der Waals surface area contributed by atoms with Crippen molar-refractivity contribution in [2.24, 2.45) is 5.73 Å². The lowest BCUT2D eigenvalue weighted by Gasteiger charge is -1.89. The zero-order chi connectivity index (χ0) is 9.26. The van der Waals surface area contributed by atoms with E-state index in [4.69, 9.17) is 17.3 Å². The van der Waals surface area contributed by atoms with Gasteiger partial charge < -0.3 is 10.7 Å². The molecule has 0 spiro atoms. The van der Waals surface area contributed by atoms with Crippen molar-refractivity contribution in [3.63, 3.8) is 0 Å². The Morgan fingerprint density at radius 1 is 1.33 bits per heavy atom. The maximum atomic E-state index is 5.80. The fraction of sp³-hybridized carbons (Fsp3) is 0.222. The van der Waals surface area contributed by atoms with Crippen LogP contribution in [0.4, 0.5) is 0 Å². The number of nitrogens with one attached hydrogen (secondary N) is 1. The molecule has 2 aromatic rings. The molecule has 0 aliphatic rings. The van der Waals surface area contributed by atoms with Gasteiger partial charge in [-0.3, -0.25) is 0 Å². The minimum Gasteiger partial charge on any atom is -0.343 e. The highest BCUT2D eigenvalue weighted by Crippen LogP contribution is 2.17. The first kappa shape index (κ1) is 14.5. The molecular weight excluding hydrogens is 256 g/mol. The molecule has 0 saturated heterocycles. The van der Waals surface area contributed by atoms with Crippen molar-refractivity contribution in [3.8, 4) is 0 Å². The molecule has 3 N–H and O–H groups in total. The quantitative estimate of drug-likeness (QED) is 0.879. The van der Waals surface area contributed by atoms with Crippen LogP contribution in [-0.4, -0.2) is 16.5 Å². The predicted octanol–water partition coefficient (Wildman–Crippen LogP) is 2.56. The second-order valence-electron chi connectivity index (χ2n) is 2.92. The Kier molecular flexibility index (Phi) is 5.98. The third-order valence-electron chi connectivity index (χ3n) is 1.91. The molecule has 0 aliphatic carbocycles. The third-order valence-corrected chi connectivity index (χ3v) is 2.11. The molecule has 3 nitrogen and oxygen atoms in total. The van der Waals surface area contributed by atoms with Gasteiger partial charge in [0.2, 0.25) is 0 Å². The van der Waals surface area contributed by atoms with Crippen LogP contribution >= 0.6 is 36.4 Å². The number of fused-ring (bicyclic) bond motifs is 1. The summed E-state index contributed by atoms with van der Waals surface area (Å²) in [5.41, 5.74) is 7.42. The molecule has 2 rings (SSSR count). The summed E-state index contributed by atoms with van der Waals surface area (Å²) in [6.07, 6.45) is 2.47. The Hall–Kier alpha value is -0.480. The van der Waals surface area contributed by atoms with Gasteiger partial charge in [-0.2, -0.15) is 0 Å². The fourth-order valence-electron chi connectivity index (χ4n) is 1.34. The number of aromatic nitrogens is 2. The molecule has 0 bridgehead atoms. The minimum absolute atomic E-state index is 0. The largest absolute Gasteiger partial charge is 0.343 e. The summed E-state index contributed by atoms with van der Waals surface area (Å²) in [7, 11) is 0. The Morgan fingerprint density at radius 2 is 2.07 bits per heavy atom. The Morgan fingerprint density at radius 3 is 2.73 bits per heavy atom. The number of hydrogen-bond donors (Lipinski definition) is 2. The molecule has 0 fully saturated rings. The van der Waals surface area contributed by atoms with E-state index in [2.05, 4.69) is 9.97 Å². The molecule has 0 aromatic carbocycles. The molecule has 2 heterocycles. The second-order valence-corrected chi connectivity index (χ2v) is 3.36. The molecule has 0 aliphatic heterocycles. The summed E-state index contributed by atoms with van der Waals surface area (Å²) in [6, 6.07) is 3.92. The van der Waals surface area contributed by atoms with Crippen molar-refractivity contribution in [1.82, 2.24) is 9.97 Å². The maximum absolute atomic E-state index is 5.80. The lowest BCUT2D eigenvalue weighted by atomic mass is 10.3. The zero-order valence-corrected chi connectivity index (χ0v) is 10.3. The van der Waals surface area contributed by atoms with Crippen LogP contribution in [0.1, 0.15) is 5.69 Å². The minimum atomic E-state index is 0. The maximum Gasteiger partial charge on any atom is 0.137 e. The van der Waals surface area contributed by atoms with Crippen molar-refractivity contribution in [1.29, 1.82) is 0 Å². The van der Waals surface area contributed by atoms with E-state index in [1.165, 1.54) is 0 Å². The van der Waals surface area contributed by atoms with Crippen LogP contribution in [0.15, 0.2) is 18.3 Å². The van der Waals surface area contributed by atoms with Crippen LogP contribution in [0, 0.1) is 0 Å². The number of rotatable bonds is 2. The normalized spacial score (nSPS) is 9.47. The highest BCUT2D eigenvalue weighted by molar-refractivity contribution is 6.31. The highest BCUT2D eigenvalue weighted by atomic mass is 35.5. The van der Waals surface area contributed by atoms with Crippen LogP contribution in [0.3, 0.4) is 0 Å². The van der Waals surface area contributed by atoms with Crippen molar-refractivity contribution in [2.75, 3.05) is 6.54 Å². The van der Waals surface area contributed by atoms with Gasteiger partial charge in [-0.15, -0.1) is 24.8 Å². The first-order chi connectivity index (χ1) is 6.29. The van der Waals surface area contributed by atoms with E-state index in [1.54, 1.807) is 6.20 Å². The molecule has 0 unspecified atom stereocenters. The van der Waals surface area contributed by atoms with Gasteiger partial charge in [-0.25, -0.2) is 4.98 Å². The lowest BCUT2D eigenvalue weighted by Crippen LogP contribution is -2.02. The first-order valence-electron chi connectivity index (χ1n) is 4.13. The van der Waals surface area contributed by atoms with Crippen LogP contribution in [-0.2, 0) is 6.42 Å². The van der Waals surface area contributed by atoms with Crippen LogP contribution in [0.2, 0.25) is 5.02 Å². The van der Waals surface area contributed by atoms with Crippen LogP contribution in [0.5, 0.6) is 0 Å². The van der Waals surface area contributed by atoms with Crippen molar-refractivity contribution in [3.05, 3.63) is 29.0 Å². The molecule has 0 atom stereocenters. The van der Waals surface area contributed by atoms with Gasteiger partial charge in [0.05, 0.1) is 5.02 Å². The Bertz CT molecular complexity index is 427. The van der Waals surface area contributed by atoms with Crippen LogP contribution < -0.4 is 5.73 Å². The van der Waals surface area contributed by atoms with Gasteiger partial charge in [-0.05, 0) is 25.1 Å². The smallest absolute Gasteiger partial charge is 0.137 e. The van der Waals surface area contributed by atoms with Crippen molar-refractivity contribution < 1.29 is 0 Å². The predicted molar refractivity (Wildman–Crippen MR) is 68.4 cm³/mol. The monoisotopic (exact) mass is 267 g/mol. The molecule has 2 aromatic heterocycles. The molecular formula is C9H12Cl3N3. The Labute approximate surface area is 105 Å². The third kappa shape index (κ3) is 3.24. The summed E-state index contributed by atoms with van der Waals surface area (Å²) in [6.45, 7) is 0.639. The van der Waals surface area contributed by atoms with Gasteiger partial charge in [-0.1, -0.05) is 11.6 Å². The van der Waals surface area contributed by atoms with E-state index < -0.39 is 0 Å². The van der Waals surface area contributed by atoms with Gasteiger partial charge in [0.15, 0.2) is 0 Å². The van der Waals surface area contributed by atoms with Gasteiger partial charge in [0, 0.05) is 17.3 Å². The Balaban J connectivity index is 0.000000980. The number of H-pyrrole nitrogens is 1. The molecule has 6 heteroatoms. The van der Waals surface area contributed by atoms with Gasteiger partial charge in [0.25, 0.3) is 0 Å². The highest BCUT2D eigenvalue weighted by Gasteiger charge is 2.01. The summed E-state index contributed by atoms with van der Waals surface area (Å²) < 4.78 is 0. The summed E-state index contributed by atoms with van der Waals surface area (Å²) in [5.74, 6) is 0. The molecule has 84 valence electrons. The molecule has 0 amide bonds. The number of aromatic amines is 1. The van der Waals surface area contributed by atoms with E-state index >= 15 is 0 Å². The number of nitrogens with two attached hydrogens (primary N) is 1. The first-order valence-corrected chi connectivity index (χ1v) is 4.50. The van der Waals surface area contributed by atoms with Crippen LogP contribution in [0.25, 0.3) is 11.0 Å². The number of nitrogens with zero attached hydrogens (tertiary/aromatic N) is 1. The number of hydrogen-bond acceptors (Lipinski definition) is 2. The van der Waals surface area contributed by atoms with Crippen molar-refractivity contribution in [2.45, 2.75) is 6.42 Å². The number of halogens is 3. The topological polar surface area (TPSA) is 54.7 Å². The number of pyridine rings is 1. The van der Waals surface area contributed by atoms with E-state index in [9.17, 15) is 0 Å². The lowest BCUT2D eigenvalue weighted by molar-refractivity contribution is 0.938. The average Bonchev–Trinajstić information content (AvgIpc) is 2.46. The van der Waals surface area contributed by atoms with E-state index in [0.29, 0.717) is 11.6 Å². The van der Waals surface area contributed by atoms with Crippen molar-refractivity contribution >= 4 is 47.4 Å². The average molecular weight is 269 g/mol. The zero-order valence-electron chi connectivity index (χ0n) is 7.87. The van der Waals surface area contributed by atoms with Gasteiger partial charge >= 0.3 is 0 Å². The molecule has 0 saturated carbocycles. The SMILES string of the molecule is Cl.Cl.NCCc1cc2cc(Cl)cnc2[nH]1. The summed E-state index contributed by atoms with van der Waals surface area (Å²) in [5, 5.41) is 1.70. The molecule has 0 radical (unpaired) electrons. The van der Waals surface area contributed by atoms with E-state index in [0.717, 1.165) is 23.1 Å². The molecule has 15 heavy (non-hydrogen) atoms. The summed E-state index contributed by atoms with van der Waals surface area (Å²) in [4.78, 5) is 7.33. The second kappa shape index (κ2) is 6.18. The van der Waals surface area contributed by atoms with Gasteiger partial charge in [0.1, 0.15) is 5.65 Å². The standard InChI is InChI=1S/C9H10ClN3.2ClH/c10-7-3-6-4-8(1-2-11)13-9(6)12-5-7;;/h3-5H,1-2,11H2,(H,12,13);2*1H. The fourth-order valence-corrected chi connectivity index (χ4v) is 1.50. The summed E-state index contributed by atoms with van der Waals surface area (Å²) >= 11 is 5.80. The van der Waals surface area contributed by atoms with E-state index in [1.807, 2.05) is 12.1 Å². The van der Waals surface area contributed by atoms with E-state index in [-0.39, 0.29) is 24.8 Å².